The van der Waals surface area contributed by atoms with Crippen molar-refractivity contribution < 1.29 is 19.1 Å². The van der Waals surface area contributed by atoms with Gasteiger partial charge < -0.3 is 14.4 Å². The highest BCUT2D eigenvalue weighted by atomic mass is 16.5. The van der Waals surface area contributed by atoms with Crippen LogP contribution in [0.3, 0.4) is 0 Å². The van der Waals surface area contributed by atoms with Crippen molar-refractivity contribution in [3.8, 4) is 5.75 Å². The summed E-state index contributed by atoms with van der Waals surface area (Å²) in [5.41, 5.74) is 0.430. The maximum Gasteiger partial charge on any atom is 0.332 e. The topological polar surface area (TPSA) is 55.8 Å². The van der Waals surface area contributed by atoms with Gasteiger partial charge in [0.1, 0.15) is 11.3 Å². The Morgan fingerprint density at radius 3 is 2.60 bits per heavy atom. The zero-order chi connectivity index (χ0) is 18.4. The molecule has 5 nitrogen and oxygen atoms in total. The summed E-state index contributed by atoms with van der Waals surface area (Å²) in [7, 11) is 0. The van der Waals surface area contributed by atoms with Crippen LogP contribution in [-0.2, 0) is 14.3 Å². The summed E-state index contributed by atoms with van der Waals surface area (Å²) in [6.45, 7) is 9.25. The van der Waals surface area contributed by atoms with Crippen LogP contribution in [0, 0.1) is 12.8 Å². The number of fused-ring (bicyclic) bond motifs is 1. The van der Waals surface area contributed by atoms with Crippen LogP contribution in [-0.4, -0.2) is 42.1 Å². The number of carbonyl (C=O) groups excluding carboxylic acids is 2. The number of carbonyl (C=O) groups is 2. The van der Waals surface area contributed by atoms with Crippen LogP contribution in [0.2, 0.25) is 0 Å². The van der Waals surface area contributed by atoms with E-state index in [1.54, 1.807) is 11.8 Å². The molecule has 0 saturated carbocycles. The first kappa shape index (κ1) is 19.3. The summed E-state index contributed by atoms with van der Waals surface area (Å²) in [5.74, 6) is 0.767. The van der Waals surface area contributed by atoms with Gasteiger partial charge in [-0.3, -0.25) is 4.79 Å². The molecule has 1 aromatic rings. The summed E-state index contributed by atoms with van der Waals surface area (Å²) < 4.78 is 11.1. The predicted molar refractivity (Wildman–Crippen MR) is 96.4 cm³/mol. The van der Waals surface area contributed by atoms with Gasteiger partial charge in [-0.05, 0) is 38.8 Å². The van der Waals surface area contributed by atoms with E-state index in [1.165, 1.54) is 5.56 Å². The highest BCUT2D eigenvalue weighted by Gasteiger charge is 2.57. The third-order valence-corrected chi connectivity index (χ3v) is 4.80. The number of esters is 1. The second-order valence-electron chi connectivity index (χ2n) is 6.45. The number of aryl methyl sites for hydroxylation is 1. The quantitative estimate of drug-likeness (QED) is 0.767. The molecule has 0 bridgehead atoms. The second kappa shape index (κ2) is 8.37. The molecule has 0 N–H and O–H groups in total. The maximum absolute atomic E-state index is 12.4. The van der Waals surface area contributed by atoms with Gasteiger partial charge in [0, 0.05) is 18.9 Å². The molecule has 2 fully saturated rings. The van der Waals surface area contributed by atoms with Gasteiger partial charge in [0.25, 0.3) is 0 Å². The molecule has 25 heavy (non-hydrogen) atoms. The van der Waals surface area contributed by atoms with Gasteiger partial charge in [-0.15, -0.1) is 0 Å². The minimum absolute atomic E-state index is 0.0517. The molecule has 0 spiro atoms. The molecule has 2 saturated heterocycles. The first-order valence-corrected chi connectivity index (χ1v) is 9.22. The highest BCUT2D eigenvalue weighted by Crippen LogP contribution is 2.43. The SMILES string of the molecule is CC.CCOC(=O)C12CCC(=O)N1CC(COc1ccc(C)cc1)C2. The van der Waals surface area contributed by atoms with E-state index in [4.69, 9.17) is 9.47 Å². The van der Waals surface area contributed by atoms with E-state index in [-0.39, 0.29) is 17.8 Å². The third kappa shape index (κ3) is 3.97. The van der Waals surface area contributed by atoms with Gasteiger partial charge in [0.05, 0.1) is 13.2 Å². The van der Waals surface area contributed by atoms with Gasteiger partial charge >= 0.3 is 5.97 Å². The summed E-state index contributed by atoms with van der Waals surface area (Å²) in [6, 6.07) is 7.90. The average Bonchev–Trinajstić information content (AvgIpc) is 3.15. The summed E-state index contributed by atoms with van der Waals surface area (Å²) in [5, 5.41) is 0. The van der Waals surface area contributed by atoms with E-state index >= 15 is 0 Å². The van der Waals surface area contributed by atoms with Crippen molar-refractivity contribution in [1.82, 2.24) is 4.90 Å². The average molecular weight is 347 g/mol. The minimum atomic E-state index is -0.756. The van der Waals surface area contributed by atoms with Crippen LogP contribution in [0.4, 0.5) is 0 Å². The highest BCUT2D eigenvalue weighted by molar-refractivity contribution is 5.92. The molecule has 2 unspecified atom stereocenters. The maximum atomic E-state index is 12.4. The fraction of sp³-hybridized carbons (Fsp3) is 0.600. The van der Waals surface area contributed by atoms with Gasteiger partial charge in [0.2, 0.25) is 5.91 Å². The predicted octanol–water partition coefficient (Wildman–Crippen LogP) is 3.34. The number of nitrogens with zero attached hydrogens (tertiary/aromatic N) is 1. The van der Waals surface area contributed by atoms with Crippen molar-refractivity contribution in [3.63, 3.8) is 0 Å². The smallest absolute Gasteiger partial charge is 0.332 e. The Kier molecular flexibility index (Phi) is 6.45. The number of amides is 1. The first-order valence-electron chi connectivity index (χ1n) is 9.22. The number of ether oxygens (including phenoxy) is 2. The lowest BCUT2D eigenvalue weighted by atomic mass is 9.90. The van der Waals surface area contributed by atoms with Crippen LogP contribution in [0.1, 0.15) is 45.6 Å². The zero-order valence-electron chi connectivity index (χ0n) is 15.7. The monoisotopic (exact) mass is 347 g/mol. The molecule has 5 heteroatoms. The van der Waals surface area contributed by atoms with Crippen LogP contribution < -0.4 is 4.74 Å². The Morgan fingerprint density at radius 2 is 1.96 bits per heavy atom. The Balaban J connectivity index is 0.00000109. The fourth-order valence-corrected chi connectivity index (χ4v) is 3.63. The Hall–Kier alpha value is -2.04. The lowest BCUT2D eigenvalue weighted by Gasteiger charge is -2.28. The molecule has 0 aliphatic carbocycles. The van der Waals surface area contributed by atoms with Crippen molar-refractivity contribution in [2.24, 2.45) is 5.92 Å². The molecule has 138 valence electrons. The van der Waals surface area contributed by atoms with Gasteiger partial charge in [-0.2, -0.15) is 0 Å². The summed E-state index contributed by atoms with van der Waals surface area (Å²) >= 11 is 0. The molecule has 2 aliphatic heterocycles. The molecule has 0 radical (unpaired) electrons. The summed E-state index contributed by atoms with van der Waals surface area (Å²) in [4.78, 5) is 26.2. The van der Waals surface area contributed by atoms with Crippen molar-refractivity contribution in [2.45, 2.75) is 52.5 Å². The fourth-order valence-electron chi connectivity index (χ4n) is 3.63. The minimum Gasteiger partial charge on any atom is -0.493 e. The molecule has 2 atom stereocenters. The van der Waals surface area contributed by atoms with E-state index in [2.05, 4.69) is 0 Å². The molecular formula is C20H29NO4. The summed E-state index contributed by atoms with van der Waals surface area (Å²) in [6.07, 6.45) is 1.62. The van der Waals surface area contributed by atoms with Crippen LogP contribution in [0.15, 0.2) is 24.3 Å². The molecule has 1 amide bonds. The van der Waals surface area contributed by atoms with Crippen molar-refractivity contribution in [1.29, 1.82) is 0 Å². The van der Waals surface area contributed by atoms with Crippen LogP contribution in [0.25, 0.3) is 0 Å². The standard InChI is InChI=1S/C18H23NO4.C2H6/c1-3-22-17(21)18-9-8-16(20)19(18)11-14(10-18)12-23-15-6-4-13(2)5-7-15;1-2/h4-7,14H,3,8-12H2,1-2H3;1-2H3. The Labute approximate surface area is 150 Å². The number of hydrogen-bond acceptors (Lipinski definition) is 4. The van der Waals surface area contributed by atoms with Crippen molar-refractivity contribution >= 4 is 11.9 Å². The number of hydrogen-bond donors (Lipinski definition) is 0. The Bertz CT molecular complexity index is 598. The van der Waals surface area contributed by atoms with E-state index < -0.39 is 5.54 Å². The number of benzene rings is 1. The molecule has 3 rings (SSSR count). The lowest BCUT2D eigenvalue weighted by molar-refractivity contribution is -0.157. The zero-order valence-corrected chi connectivity index (χ0v) is 15.7. The van der Waals surface area contributed by atoms with Crippen LogP contribution >= 0.6 is 0 Å². The first-order chi connectivity index (χ1) is 12.0. The van der Waals surface area contributed by atoms with Crippen molar-refractivity contribution in [2.75, 3.05) is 19.8 Å². The molecule has 0 aromatic heterocycles. The Morgan fingerprint density at radius 1 is 1.28 bits per heavy atom. The second-order valence-corrected chi connectivity index (χ2v) is 6.45. The van der Waals surface area contributed by atoms with Gasteiger partial charge in [0.15, 0.2) is 0 Å². The third-order valence-electron chi connectivity index (χ3n) is 4.80. The van der Waals surface area contributed by atoms with Crippen LogP contribution in [0.5, 0.6) is 5.75 Å². The lowest BCUT2D eigenvalue weighted by Crippen LogP contribution is -2.48. The molecule has 2 heterocycles. The van der Waals surface area contributed by atoms with E-state index in [9.17, 15) is 9.59 Å². The van der Waals surface area contributed by atoms with Gasteiger partial charge in [-0.25, -0.2) is 4.79 Å². The molecular weight excluding hydrogens is 318 g/mol. The molecule has 2 aliphatic rings. The molecule has 1 aromatic carbocycles. The van der Waals surface area contributed by atoms with E-state index in [1.807, 2.05) is 45.0 Å². The van der Waals surface area contributed by atoms with Gasteiger partial charge in [-0.1, -0.05) is 31.5 Å². The van der Waals surface area contributed by atoms with E-state index in [0.717, 1.165) is 5.75 Å². The number of rotatable bonds is 5. The van der Waals surface area contributed by atoms with Crippen molar-refractivity contribution in [3.05, 3.63) is 29.8 Å². The normalized spacial score (nSPS) is 24.4. The largest absolute Gasteiger partial charge is 0.493 e. The van der Waals surface area contributed by atoms with E-state index in [0.29, 0.717) is 39.0 Å².